The average Bonchev–Trinajstić information content (AvgIpc) is 2.96. The first-order valence-electron chi connectivity index (χ1n) is 6.78. The summed E-state index contributed by atoms with van der Waals surface area (Å²) in [6, 6.07) is 3.48. The van der Waals surface area contributed by atoms with Crippen molar-refractivity contribution in [3.63, 3.8) is 0 Å². The number of anilines is 1. The van der Waals surface area contributed by atoms with Gasteiger partial charge in [-0.15, -0.1) is 0 Å². The van der Waals surface area contributed by atoms with E-state index < -0.39 is 24.2 Å². The van der Waals surface area contributed by atoms with Crippen LogP contribution in [0.25, 0.3) is 0 Å². The average molecular weight is 313 g/mol. The van der Waals surface area contributed by atoms with Crippen LogP contribution in [0, 0.1) is 0 Å². The zero-order valence-corrected chi connectivity index (χ0v) is 11.5. The Morgan fingerprint density at radius 1 is 1.45 bits per heavy atom. The van der Waals surface area contributed by atoms with Gasteiger partial charge in [0.15, 0.2) is 5.54 Å². The Hall–Kier alpha value is -2.09. The number of nitrogens with zero attached hydrogens (tertiary/aromatic N) is 1. The second kappa shape index (κ2) is 5.28. The van der Waals surface area contributed by atoms with Crippen LogP contribution >= 0.6 is 0 Å². The summed E-state index contributed by atoms with van der Waals surface area (Å²) < 4.78 is 44.6. The van der Waals surface area contributed by atoms with Crippen LogP contribution in [0.5, 0.6) is 0 Å². The molecule has 1 saturated heterocycles. The monoisotopic (exact) mass is 313 g/mol. The molecule has 3 heterocycles. The van der Waals surface area contributed by atoms with Crippen molar-refractivity contribution in [1.29, 1.82) is 0 Å². The van der Waals surface area contributed by atoms with Gasteiger partial charge in [-0.25, -0.2) is 4.98 Å². The van der Waals surface area contributed by atoms with Gasteiger partial charge < -0.3 is 15.4 Å². The Morgan fingerprint density at radius 2 is 2.27 bits per heavy atom. The lowest BCUT2D eigenvalue weighted by molar-refractivity contribution is -0.197. The van der Waals surface area contributed by atoms with Crippen molar-refractivity contribution in [2.24, 2.45) is 0 Å². The number of aromatic nitrogens is 1. The summed E-state index contributed by atoms with van der Waals surface area (Å²) in [6.45, 7) is -0.578. The fourth-order valence-corrected chi connectivity index (χ4v) is 2.52. The van der Waals surface area contributed by atoms with Crippen molar-refractivity contribution in [3.05, 3.63) is 35.7 Å². The molecule has 1 unspecified atom stereocenters. The van der Waals surface area contributed by atoms with Gasteiger partial charge in [-0.1, -0.05) is 6.07 Å². The number of hydrogen-bond donors (Lipinski definition) is 2. The largest absolute Gasteiger partial charge is 0.413 e. The summed E-state index contributed by atoms with van der Waals surface area (Å²) in [5.41, 5.74) is -1.31. The van der Waals surface area contributed by atoms with Crippen LogP contribution in [-0.2, 0) is 16.0 Å². The van der Waals surface area contributed by atoms with Gasteiger partial charge in [0, 0.05) is 37.4 Å². The van der Waals surface area contributed by atoms with Crippen LogP contribution in [0.2, 0.25) is 0 Å². The highest BCUT2D eigenvalue weighted by Crippen LogP contribution is 2.37. The molecule has 1 aromatic rings. The van der Waals surface area contributed by atoms with Crippen LogP contribution < -0.4 is 10.6 Å². The van der Waals surface area contributed by atoms with Gasteiger partial charge in [0.25, 0.3) is 0 Å². The number of rotatable bonds is 2. The van der Waals surface area contributed by atoms with Crippen molar-refractivity contribution in [3.8, 4) is 0 Å². The predicted molar refractivity (Wildman–Crippen MR) is 72.0 cm³/mol. The topological polar surface area (TPSA) is 63.2 Å². The summed E-state index contributed by atoms with van der Waals surface area (Å²) in [5.74, 6) is -0.140. The number of alkyl halides is 3. The highest BCUT2D eigenvalue weighted by atomic mass is 19.4. The van der Waals surface area contributed by atoms with E-state index in [-0.39, 0.29) is 25.0 Å². The van der Waals surface area contributed by atoms with Crippen LogP contribution in [-0.4, -0.2) is 35.8 Å². The van der Waals surface area contributed by atoms with Gasteiger partial charge in [-0.2, -0.15) is 13.2 Å². The fraction of sp³-hybridized carbons (Fsp3) is 0.429. The molecule has 1 aromatic heterocycles. The molecule has 0 aliphatic carbocycles. The van der Waals surface area contributed by atoms with E-state index in [0.29, 0.717) is 5.82 Å². The molecule has 0 bridgehead atoms. The SMILES string of the molecule is O=C(NC1(C(F)(F)F)CCOC1)C1=CNc2ncccc2C1. The maximum Gasteiger partial charge on any atom is 0.413 e. The van der Waals surface area contributed by atoms with E-state index in [0.717, 1.165) is 5.56 Å². The van der Waals surface area contributed by atoms with Gasteiger partial charge in [0.2, 0.25) is 5.91 Å². The first-order valence-corrected chi connectivity index (χ1v) is 6.78. The molecule has 22 heavy (non-hydrogen) atoms. The van der Waals surface area contributed by atoms with Gasteiger partial charge in [0.1, 0.15) is 5.82 Å². The van der Waals surface area contributed by atoms with Gasteiger partial charge in [-0.3, -0.25) is 4.79 Å². The third kappa shape index (κ3) is 2.54. The number of fused-ring (bicyclic) bond motifs is 1. The maximum absolute atomic E-state index is 13.2. The van der Waals surface area contributed by atoms with E-state index in [2.05, 4.69) is 15.6 Å². The number of amides is 1. The molecule has 5 nitrogen and oxygen atoms in total. The number of ether oxygens (including phenoxy) is 1. The molecule has 0 radical (unpaired) electrons. The maximum atomic E-state index is 13.2. The molecule has 3 rings (SSSR count). The molecule has 2 aliphatic heterocycles. The standard InChI is InChI=1S/C14H14F3N3O2/c15-14(16,17)13(3-5-22-8-13)20-12(21)10-6-9-2-1-4-18-11(9)19-7-10/h1-2,4,7H,3,5-6,8H2,(H,18,19)(H,20,21). The van der Waals surface area contributed by atoms with Crippen LogP contribution in [0.4, 0.5) is 19.0 Å². The lowest BCUT2D eigenvalue weighted by Gasteiger charge is -2.31. The normalized spacial score (nSPS) is 24.2. The molecule has 1 atom stereocenters. The molecule has 8 heteroatoms. The highest BCUT2D eigenvalue weighted by Gasteiger charge is 2.58. The van der Waals surface area contributed by atoms with E-state index in [4.69, 9.17) is 4.74 Å². The minimum Gasteiger partial charge on any atom is -0.379 e. The lowest BCUT2D eigenvalue weighted by Crippen LogP contribution is -2.59. The molecule has 1 amide bonds. The molecule has 0 saturated carbocycles. The zero-order valence-electron chi connectivity index (χ0n) is 11.5. The van der Waals surface area contributed by atoms with Gasteiger partial charge >= 0.3 is 6.18 Å². The van der Waals surface area contributed by atoms with Crippen molar-refractivity contribution < 1.29 is 22.7 Å². The quantitative estimate of drug-likeness (QED) is 0.873. The van der Waals surface area contributed by atoms with Gasteiger partial charge in [0.05, 0.1) is 6.61 Å². The molecule has 0 aromatic carbocycles. The molecule has 118 valence electrons. The molecule has 0 spiro atoms. The van der Waals surface area contributed by atoms with E-state index in [9.17, 15) is 18.0 Å². The second-order valence-electron chi connectivity index (χ2n) is 5.34. The Balaban J connectivity index is 1.77. The third-order valence-electron chi connectivity index (χ3n) is 3.86. The predicted octanol–water partition coefficient (Wildman–Crippen LogP) is 1.77. The van der Waals surface area contributed by atoms with Crippen LogP contribution in [0.3, 0.4) is 0 Å². The number of carbonyl (C=O) groups is 1. The lowest BCUT2D eigenvalue weighted by atomic mass is 9.96. The van der Waals surface area contributed by atoms with Crippen LogP contribution in [0.15, 0.2) is 30.1 Å². The first-order chi connectivity index (χ1) is 10.4. The summed E-state index contributed by atoms with van der Waals surface area (Å²) in [7, 11) is 0. The molecule has 2 N–H and O–H groups in total. The summed E-state index contributed by atoms with van der Waals surface area (Å²) in [6.07, 6.45) is -1.61. The van der Waals surface area contributed by atoms with E-state index in [1.54, 1.807) is 18.3 Å². The minimum absolute atomic E-state index is 0.0240. The minimum atomic E-state index is -4.55. The summed E-state index contributed by atoms with van der Waals surface area (Å²) in [5, 5.41) is 4.94. The van der Waals surface area contributed by atoms with Gasteiger partial charge in [-0.05, 0) is 11.6 Å². The smallest absolute Gasteiger partial charge is 0.379 e. The Kier molecular flexibility index (Phi) is 3.56. The van der Waals surface area contributed by atoms with E-state index >= 15 is 0 Å². The van der Waals surface area contributed by atoms with E-state index in [1.165, 1.54) is 6.20 Å². The highest BCUT2D eigenvalue weighted by molar-refractivity contribution is 5.95. The second-order valence-corrected chi connectivity index (χ2v) is 5.34. The van der Waals surface area contributed by atoms with Crippen molar-refractivity contribution in [1.82, 2.24) is 10.3 Å². The third-order valence-corrected chi connectivity index (χ3v) is 3.86. The number of pyridine rings is 1. The van der Waals surface area contributed by atoms with E-state index in [1.807, 2.05) is 0 Å². The number of carbonyl (C=O) groups excluding carboxylic acids is 1. The number of nitrogens with one attached hydrogen (secondary N) is 2. The Morgan fingerprint density at radius 3 is 2.95 bits per heavy atom. The zero-order chi connectivity index (χ0) is 15.8. The first kappa shape index (κ1) is 14.8. The molecular weight excluding hydrogens is 299 g/mol. The summed E-state index contributed by atoms with van der Waals surface area (Å²) >= 11 is 0. The van der Waals surface area contributed by atoms with Crippen molar-refractivity contribution in [2.75, 3.05) is 18.5 Å². The summed E-state index contributed by atoms with van der Waals surface area (Å²) in [4.78, 5) is 16.3. The number of halogens is 3. The van der Waals surface area contributed by atoms with Crippen molar-refractivity contribution in [2.45, 2.75) is 24.6 Å². The molecule has 2 aliphatic rings. The number of hydrogen-bond acceptors (Lipinski definition) is 4. The Bertz CT molecular complexity index is 622. The fourth-order valence-electron chi connectivity index (χ4n) is 2.52. The molecule has 1 fully saturated rings. The van der Waals surface area contributed by atoms with Crippen LogP contribution in [0.1, 0.15) is 12.0 Å². The Labute approximate surface area is 124 Å². The van der Waals surface area contributed by atoms with Crippen molar-refractivity contribution >= 4 is 11.7 Å². The molecular formula is C14H14F3N3O2.